The second-order valence-corrected chi connectivity index (χ2v) is 5.51. The number of piperidine rings is 1. The quantitative estimate of drug-likeness (QED) is 0.756. The van der Waals surface area contributed by atoms with Gasteiger partial charge in [-0.3, -0.25) is 4.79 Å². The average Bonchev–Trinajstić information content (AvgIpc) is 3.03. The van der Waals surface area contributed by atoms with Gasteiger partial charge in [-0.25, -0.2) is 4.39 Å². The maximum Gasteiger partial charge on any atom is 0.228 e. The Kier molecular flexibility index (Phi) is 4.02. The first-order chi connectivity index (χ1) is 8.08. The van der Waals surface area contributed by atoms with Crippen LogP contribution >= 0.6 is 0 Å². The third-order valence-corrected chi connectivity index (χ3v) is 3.62. The Hall–Kier alpha value is -0.640. The molecule has 2 fully saturated rings. The summed E-state index contributed by atoms with van der Waals surface area (Å²) in [6, 6.07) is 0. The molecule has 0 bridgehead atoms. The molecule has 1 heterocycles. The van der Waals surface area contributed by atoms with Crippen molar-refractivity contribution in [2.24, 2.45) is 11.8 Å². The lowest BCUT2D eigenvalue weighted by molar-refractivity contribution is -0.134. The van der Waals surface area contributed by atoms with Crippen LogP contribution in [0.1, 0.15) is 33.1 Å². The molecule has 2 atom stereocenters. The molecule has 0 spiro atoms. The first-order valence-corrected chi connectivity index (χ1v) is 6.62. The lowest BCUT2D eigenvalue weighted by atomic mass is 9.97. The van der Waals surface area contributed by atoms with Crippen molar-refractivity contribution in [3.8, 4) is 0 Å². The van der Waals surface area contributed by atoms with Crippen molar-refractivity contribution < 1.29 is 13.9 Å². The van der Waals surface area contributed by atoms with E-state index < -0.39 is 6.17 Å². The Labute approximate surface area is 102 Å². The Bertz CT molecular complexity index is 275. The van der Waals surface area contributed by atoms with Gasteiger partial charge in [-0.2, -0.15) is 0 Å². The number of hydrogen-bond acceptors (Lipinski definition) is 2. The molecule has 0 aromatic carbocycles. The molecule has 1 amide bonds. The van der Waals surface area contributed by atoms with E-state index in [9.17, 15) is 9.18 Å². The molecule has 1 aliphatic carbocycles. The molecule has 3 nitrogen and oxygen atoms in total. The van der Waals surface area contributed by atoms with Crippen LogP contribution < -0.4 is 0 Å². The third kappa shape index (κ3) is 3.41. The van der Waals surface area contributed by atoms with Gasteiger partial charge in [-0.05, 0) is 39.0 Å². The smallest absolute Gasteiger partial charge is 0.228 e. The van der Waals surface area contributed by atoms with Crippen molar-refractivity contribution in [1.82, 2.24) is 4.90 Å². The van der Waals surface area contributed by atoms with Crippen LogP contribution in [0.3, 0.4) is 0 Å². The van der Waals surface area contributed by atoms with Crippen LogP contribution in [0, 0.1) is 11.8 Å². The lowest BCUT2D eigenvalue weighted by Crippen LogP contribution is -2.40. The molecule has 0 N–H and O–H groups in total. The minimum atomic E-state index is -0.871. The fourth-order valence-corrected chi connectivity index (χ4v) is 2.30. The second kappa shape index (κ2) is 5.34. The van der Waals surface area contributed by atoms with Crippen LogP contribution in [0.5, 0.6) is 0 Å². The van der Waals surface area contributed by atoms with Gasteiger partial charge in [0.25, 0.3) is 0 Å². The van der Waals surface area contributed by atoms with Gasteiger partial charge in [0.2, 0.25) is 5.91 Å². The summed E-state index contributed by atoms with van der Waals surface area (Å²) in [7, 11) is 0. The van der Waals surface area contributed by atoms with Crippen LogP contribution in [0.15, 0.2) is 0 Å². The minimum Gasteiger partial charge on any atom is -0.379 e. The molecular formula is C13H22FNO2. The second-order valence-electron chi connectivity index (χ2n) is 5.51. The van der Waals surface area contributed by atoms with Gasteiger partial charge in [0.15, 0.2) is 0 Å². The monoisotopic (exact) mass is 243 g/mol. The Balaban J connectivity index is 1.69. The predicted octanol–water partition coefficient (Wildman–Crippen LogP) is 2.01. The Morgan fingerprint density at radius 1 is 1.41 bits per heavy atom. The van der Waals surface area contributed by atoms with Gasteiger partial charge in [0, 0.05) is 19.7 Å². The maximum atomic E-state index is 12.8. The summed E-state index contributed by atoms with van der Waals surface area (Å²) in [6.07, 6.45) is 1.82. The third-order valence-electron chi connectivity index (χ3n) is 3.62. The summed E-state index contributed by atoms with van der Waals surface area (Å²) >= 11 is 0. The van der Waals surface area contributed by atoms with Crippen molar-refractivity contribution in [2.45, 2.75) is 45.4 Å². The number of halogens is 1. The molecule has 0 aromatic heterocycles. The van der Waals surface area contributed by atoms with Crippen molar-refractivity contribution in [3.05, 3.63) is 0 Å². The summed E-state index contributed by atoms with van der Waals surface area (Å²) in [5.41, 5.74) is 0. The van der Waals surface area contributed by atoms with Gasteiger partial charge in [-0.1, -0.05) is 0 Å². The number of hydrogen-bond donors (Lipinski definition) is 0. The molecule has 1 saturated heterocycles. The van der Waals surface area contributed by atoms with Crippen molar-refractivity contribution in [2.75, 3.05) is 19.7 Å². The highest BCUT2D eigenvalue weighted by Gasteiger charge is 2.45. The molecule has 2 rings (SSSR count). The van der Waals surface area contributed by atoms with E-state index in [0.29, 0.717) is 12.3 Å². The van der Waals surface area contributed by atoms with Crippen LogP contribution in [-0.4, -0.2) is 42.8 Å². The average molecular weight is 243 g/mol. The largest absolute Gasteiger partial charge is 0.379 e. The van der Waals surface area contributed by atoms with Gasteiger partial charge in [-0.15, -0.1) is 0 Å². The van der Waals surface area contributed by atoms with E-state index in [1.165, 1.54) is 0 Å². The first kappa shape index (κ1) is 12.8. The number of carbonyl (C=O) groups excluding carboxylic acids is 1. The van der Waals surface area contributed by atoms with Crippen molar-refractivity contribution in [1.29, 1.82) is 0 Å². The fourth-order valence-electron chi connectivity index (χ4n) is 2.30. The summed E-state index contributed by atoms with van der Waals surface area (Å²) in [5.74, 6) is 0.265. The maximum absolute atomic E-state index is 12.8. The van der Waals surface area contributed by atoms with E-state index in [1.807, 2.05) is 18.7 Å². The highest BCUT2D eigenvalue weighted by atomic mass is 19.1. The number of amides is 1. The summed E-state index contributed by atoms with van der Waals surface area (Å²) in [6.45, 7) is 6.40. The summed E-state index contributed by atoms with van der Waals surface area (Å²) in [5, 5.41) is 0. The molecule has 4 heteroatoms. The lowest BCUT2D eigenvalue weighted by Gasteiger charge is -2.32. The fraction of sp³-hybridized carbons (Fsp3) is 0.923. The van der Waals surface area contributed by atoms with Crippen LogP contribution in [0.4, 0.5) is 4.39 Å². The molecule has 1 aliphatic heterocycles. The Morgan fingerprint density at radius 3 is 2.47 bits per heavy atom. The topological polar surface area (TPSA) is 29.5 Å². The predicted molar refractivity (Wildman–Crippen MR) is 63.4 cm³/mol. The van der Waals surface area contributed by atoms with E-state index >= 15 is 0 Å². The normalized spacial score (nSPS) is 29.8. The number of rotatable bonds is 4. The highest BCUT2D eigenvalue weighted by molar-refractivity contribution is 5.82. The van der Waals surface area contributed by atoms with Crippen LogP contribution in [-0.2, 0) is 9.53 Å². The van der Waals surface area contributed by atoms with Gasteiger partial charge in [0.05, 0.1) is 12.0 Å². The Morgan fingerprint density at radius 2 is 2.00 bits per heavy atom. The van der Waals surface area contributed by atoms with Crippen LogP contribution in [0.25, 0.3) is 0 Å². The van der Waals surface area contributed by atoms with E-state index in [2.05, 4.69) is 0 Å². The SMILES string of the molecule is CC(C)OCC1CCN(C(=O)C2C[C@H]2F)CC1. The number of carbonyl (C=O) groups is 1. The highest BCUT2D eigenvalue weighted by Crippen LogP contribution is 2.36. The zero-order valence-corrected chi connectivity index (χ0v) is 10.7. The number of likely N-dealkylation sites (tertiary alicyclic amines) is 1. The van der Waals surface area contributed by atoms with Crippen LogP contribution in [0.2, 0.25) is 0 Å². The molecule has 17 heavy (non-hydrogen) atoms. The minimum absolute atomic E-state index is 0.0285. The van der Waals surface area contributed by atoms with Crippen molar-refractivity contribution in [3.63, 3.8) is 0 Å². The molecule has 98 valence electrons. The number of ether oxygens (including phenoxy) is 1. The molecule has 2 aliphatic rings. The van der Waals surface area contributed by atoms with E-state index in [4.69, 9.17) is 4.74 Å². The van der Waals surface area contributed by atoms with E-state index in [-0.39, 0.29) is 17.9 Å². The first-order valence-electron chi connectivity index (χ1n) is 6.62. The standard InChI is InChI=1S/C13H22FNO2/c1-9(2)17-8-10-3-5-15(6-4-10)13(16)11-7-12(11)14/h9-12H,3-8H2,1-2H3/t11?,12-/m1/s1. The molecule has 1 saturated carbocycles. The number of alkyl halides is 1. The van der Waals surface area contributed by atoms with E-state index in [1.54, 1.807) is 0 Å². The molecular weight excluding hydrogens is 221 g/mol. The summed E-state index contributed by atoms with van der Waals surface area (Å²) in [4.78, 5) is 13.6. The molecule has 1 unspecified atom stereocenters. The zero-order valence-electron chi connectivity index (χ0n) is 10.7. The summed E-state index contributed by atoms with van der Waals surface area (Å²) < 4.78 is 18.4. The van der Waals surface area contributed by atoms with Gasteiger partial charge >= 0.3 is 0 Å². The zero-order chi connectivity index (χ0) is 12.4. The van der Waals surface area contributed by atoms with Crippen molar-refractivity contribution >= 4 is 5.91 Å². The van der Waals surface area contributed by atoms with E-state index in [0.717, 1.165) is 32.5 Å². The molecule has 0 radical (unpaired) electrons. The number of nitrogens with zero attached hydrogens (tertiary/aromatic N) is 1. The molecule has 0 aromatic rings. The van der Waals surface area contributed by atoms with Gasteiger partial charge < -0.3 is 9.64 Å². The van der Waals surface area contributed by atoms with Gasteiger partial charge in [0.1, 0.15) is 6.17 Å².